The van der Waals surface area contributed by atoms with E-state index >= 15 is 0 Å². The lowest BCUT2D eigenvalue weighted by atomic mass is 9.88. The lowest BCUT2D eigenvalue weighted by Gasteiger charge is -2.27. The van der Waals surface area contributed by atoms with E-state index in [0.29, 0.717) is 30.7 Å². The first-order chi connectivity index (χ1) is 13.3. The summed E-state index contributed by atoms with van der Waals surface area (Å²) in [5, 5.41) is 3.30. The van der Waals surface area contributed by atoms with Crippen molar-refractivity contribution in [3.63, 3.8) is 0 Å². The topological polar surface area (TPSA) is 72.5 Å². The molecule has 2 unspecified atom stereocenters. The summed E-state index contributed by atoms with van der Waals surface area (Å²) < 4.78 is 5.44. The zero-order chi connectivity index (χ0) is 18.9. The zero-order valence-corrected chi connectivity index (χ0v) is 15.7. The molecule has 2 atom stereocenters. The first-order valence-corrected chi connectivity index (χ1v) is 9.43. The van der Waals surface area contributed by atoms with Gasteiger partial charge < -0.3 is 10.1 Å². The van der Waals surface area contributed by atoms with E-state index < -0.39 is 0 Å². The normalized spacial score (nSPS) is 19.4. The number of ether oxygens (including phenoxy) is 1. The molecule has 6 heteroatoms. The second kappa shape index (κ2) is 10.0. The highest BCUT2D eigenvalue weighted by Crippen LogP contribution is 2.26. The molecule has 1 amide bonds. The number of nitrogens with one attached hydrogen (secondary N) is 2. The van der Waals surface area contributed by atoms with E-state index in [2.05, 4.69) is 15.8 Å². The summed E-state index contributed by atoms with van der Waals surface area (Å²) in [5.74, 6) is 0.177. The molecule has 1 aromatic heterocycles. The maximum absolute atomic E-state index is 12.5. The molecular formula is C21H27N3O3. The summed E-state index contributed by atoms with van der Waals surface area (Å²) in [5.41, 5.74) is 5.02. The van der Waals surface area contributed by atoms with Crippen LogP contribution < -0.4 is 10.8 Å². The fourth-order valence-corrected chi connectivity index (χ4v) is 3.42. The summed E-state index contributed by atoms with van der Waals surface area (Å²) in [4.78, 5) is 22.0. The van der Waals surface area contributed by atoms with Crippen LogP contribution in [0.5, 0.6) is 0 Å². The van der Waals surface area contributed by atoms with Crippen LogP contribution in [0.25, 0.3) is 0 Å². The summed E-state index contributed by atoms with van der Waals surface area (Å²) in [7, 11) is 1.76. The number of nitrogens with zero attached hydrogens (tertiary/aromatic N) is 1. The van der Waals surface area contributed by atoms with Gasteiger partial charge in [-0.2, -0.15) is 0 Å². The molecule has 1 fully saturated rings. The first-order valence-electron chi connectivity index (χ1n) is 9.43. The van der Waals surface area contributed by atoms with Gasteiger partial charge in [-0.3, -0.25) is 14.6 Å². The number of carbonyl (C=O) groups is 1. The predicted molar refractivity (Wildman–Crippen MR) is 104 cm³/mol. The van der Waals surface area contributed by atoms with E-state index in [0.717, 1.165) is 36.9 Å². The lowest BCUT2D eigenvalue weighted by Crippen LogP contribution is -2.30. The van der Waals surface area contributed by atoms with E-state index in [9.17, 15) is 4.79 Å². The van der Waals surface area contributed by atoms with Crippen LogP contribution in [0, 0.1) is 5.92 Å². The Morgan fingerprint density at radius 2 is 2.00 bits per heavy atom. The number of rotatable bonds is 8. The Balaban J connectivity index is 1.50. The Labute approximate surface area is 160 Å². The van der Waals surface area contributed by atoms with Crippen molar-refractivity contribution in [2.75, 3.05) is 19.0 Å². The Morgan fingerprint density at radius 3 is 2.81 bits per heavy atom. The SMILES string of the molecule is COC1CCCC(CONC(=O)c2ccccc2NCc2ccncc2)C1. The van der Waals surface area contributed by atoms with Gasteiger partial charge in [0.25, 0.3) is 5.91 Å². The van der Waals surface area contributed by atoms with Gasteiger partial charge in [-0.15, -0.1) is 0 Å². The minimum Gasteiger partial charge on any atom is -0.381 e. The van der Waals surface area contributed by atoms with Crippen molar-refractivity contribution in [3.8, 4) is 0 Å². The molecule has 2 aromatic rings. The molecule has 0 spiro atoms. The van der Waals surface area contributed by atoms with Gasteiger partial charge >= 0.3 is 0 Å². The van der Waals surface area contributed by atoms with Gasteiger partial charge in [-0.1, -0.05) is 18.6 Å². The van der Waals surface area contributed by atoms with E-state index in [-0.39, 0.29) is 5.91 Å². The number of hydrogen-bond donors (Lipinski definition) is 2. The standard InChI is InChI=1S/C21H27N3O3/c1-26-18-6-4-5-17(13-18)15-27-24-21(25)19-7-2-3-8-20(19)23-14-16-9-11-22-12-10-16/h2-3,7-12,17-18,23H,4-6,13-15H2,1H3,(H,24,25). The average Bonchev–Trinajstić information content (AvgIpc) is 2.73. The van der Waals surface area contributed by atoms with Crippen LogP contribution in [-0.4, -0.2) is 30.7 Å². The van der Waals surface area contributed by atoms with Crippen molar-refractivity contribution < 1.29 is 14.4 Å². The highest BCUT2D eigenvalue weighted by molar-refractivity contribution is 5.98. The summed E-state index contributed by atoms with van der Waals surface area (Å²) >= 11 is 0. The third kappa shape index (κ3) is 5.77. The quantitative estimate of drug-likeness (QED) is 0.696. The summed E-state index contributed by atoms with van der Waals surface area (Å²) in [6.45, 7) is 1.13. The number of amides is 1. The van der Waals surface area contributed by atoms with Crippen LogP contribution >= 0.6 is 0 Å². The predicted octanol–water partition coefficient (Wildman–Crippen LogP) is 3.56. The van der Waals surface area contributed by atoms with Crippen molar-refractivity contribution in [2.24, 2.45) is 5.92 Å². The monoisotopic (exact) mass is 369 g/mol. The molecule has 0 bridgehead atoms. The van der Waals surface area contributed by atoms with E-state index in [1.165, 1.54) is 0 Å². The van der Waals surface area contributed by atoms with Crippen LogP contribution in [0.2, 0.25) is 0 Å². The van der Waals surface area contributed by atoms with E-state index in [4.69, 9.17) is 9.57 Å². The maximum Gasteiger partial charge on any atom is 0.276 e. The van der Waals surface area contributed by atoms with Gasteiger partial charge in [0.15, 0.2) is 0 Å². The number of anilines is 1. The van der Waals surface area contributed by atoms with Crippen molar-refractivity contribution >= 4 is 11.6 Å². The number of hydrogen-bond acceptors (Lipinski definition) is 5. The fraction of sp³-hybridized carbons (Fsp3) is 0.429. The fourth-order valence-electron chi connectivity index (χ4n) is 3.42. The Bertz CT molecular complexity index is 724. The highest BCUT2D eigenvalue weighted by Gasteiger charge is 2.22. The average molecular weight is 369 g/mol. The molecule has 1 aliphatic carbocycles. The molecule has 0 radical (unpaired) electrons. The minimum absolute atomic E-state index is 0.244. The van der Waals surface area contributed by atoms with Gasteiger partial charge in [-0.25, -0.2) is 5.48 Å². The maximum atomic E-state index is 12.5. The van der Waals surface area contributed by atoms with Gasteiger partial charge in [0.05, 0.1) is 18.3 Å². The van der Waals surface area contributed by atoms with Gasteiger partial charge in [0.2, 0.25) is 0 Å². The molecule has 0 saturated heterocycles. The second-order valence-corrected chi connectivity index (χ2v) is 6.89. The number of aromatic nitrogens is 1. The summed E-state index contributed by atoms with van der Waals surface area (Å²) in [6.07, 6.45) is 8.15. The number of pyridine rings is 1. The number of hydroxylamine groups is 1. The van der Waals surface area contributed by atoms with E-state index in [1.54, 1.807) is 25.6 Å². The number of carbonyl (C=O) groups excluding carboxylic acids is 1. The van der Waals surface area contributed by atoms with Gasteiger partial charge in [0, 0.05) is 31.7 Å². The van der Waals surface area contributed by atoms with Crippen molar-refractivity contribution in [3.05, 3.63) is 59.9 Å². The Kier molecular flexibility index (Phi) is 7.19. The smallest absolute Gasteiger partial charge is 0.276 e. The minimum atomic E-state index is -0.244. The highest BCUT2D eigenvalue weighted by atomic mass is 16.7. The molecule has 6 nitrogen and oxygen atoms in total. The van der Waals surface area contributed by atoms with Crippen LogP contribution in [0.4, 0.5) is 5.69 Å². The van der Waals surface area contributed by atoms with Crippen LogP contribution in [0.15, 0.2) is 48.8 Å². The molecule has 1 heterocycles. The Hall–Kier alpha value is -2.44. The molecule has 1 aliphatic rings. The van der Waals surface area contributed by atoms with Crippen LogP contribution in [0.1, 0.15) is 41.6 Å². The number of para-hydroxylation sites is 1. The molecule has 2 N–H and O–H groups in total. The summed E-state index contributed by atoms with van der Waals surface area (Å²) in [6, 6.07) is 11.3. The largest absolute Gasteiger partial charge is 0.381 e. The molecule has 27 heavy (non-hydrogen) atoms. The van der Waals surface area contributed by atoms with Crippen molar-refractivity contribution in [1.82, 2.24) is 10.5 Å². The molecule has 1 saturated carbocycles. The molecule has 3 rings (SSSR count). The third-order valence-corrected chi connectivity index (χ3v) is 4.96. The zero-order valence-electron chi connectivity index (χ0n) is 15.7. The van der Waals surface area contributed by atoms with Crippen LogP contribution in [-0.2, 0) is 16.1 Å². The molecule has 0 aliphatic heterocycles. The van der Waals surface area contributed by atoms with Crippen molar-refractivity contribution in [1.29, 1.82) is 0 Å². The van der Waals surface area contributed by atoms with E-state index in [1.807, 2.05) is 30.3 Å². The first kappa shape index (κ1) is 19.3. The van der Waals surface area contributed by atoms with Crippen LogP contribution in [0.3, 0.4) is 0 Å². The van der Waals surface area contributed by atoms with Gasteiger partial charge in [0.1, 0.15) is 0 Å². The Morgan fingerprint density at radius 1 is 1.19 bits per heavy atom. The number of methoxy groups -OCH3 is 1. The second-order valence-electron chi connectivity index (χ2n) is 6.89. The third-order valence-electron chi connectivity index (χ3n) is 4.96. The molecular weight excluding hydrogens is 342 g/mol. The number of benzene rings is 1. The molecule has 144 valence electrons. The van der Waals surface area contributed by atoms with Gasteiger partial charge in [-0.05, 0) is 55.0 Å². The molecule has 1 aromatic carbocycles. The lowest BCUT2D eigenvalue weighted by molar-refractivity contribution is -0.0127. The van der Waals surface area contributed by atoms with Crippen molar-refractivity contribution in [2.45, 2.75) is 38.3 Å².